The van der Waals surface area contributed by atoms with Gasteiger partial charge in [0.2, 0.25) is 0 Å². The van der Waals surface area contributed by atoms with E-state index in [1.165, 1.54) is 5.56 Å². The summed E-state index contributed by atoms with van der Waals surface area (Å²) < 4.78 is 1.02. The Kier molecular flexibility index (Phi) is 3.41. The van der Waals surface area contributed by atoms with Gasteiger partial charge in [-0.05, 0) is 40.0 Å². The molecule has 0 aliphatic rings. The molecular weight excluding hydrogens is 237 g/mol. The molecule has 0 heterocycles. The molecule has 0 saturated carbocycles. The zero-order chi connectivity index (χ0) is 9.14. The van der Waals surface area contributed by atoms with E-state index in [-0.39, 0.29) is 0 Å². The Hall–Kier alpha value is -0.210. The van der Waals surface area contributed by atoms with Gasteiger partial charge in [-0.15, -0.1) is 0 Å². The monoisotopic (exact) mass is 247 g/mol. The molecule has 0 bridgehead atoms. The van der Waals surface area contributed by atoms with Crippen LogP contribution in [0.25, 0.3) is 0 Å². The predicted molar refractivity (Wildman–Crippen MR) is 58.1 cm³/mol. The molecule has 0 fully saturated rings. The Labute approximate surface area is 86.2 Å². The van der Waals surface area contributed by atoms with Gasteiger partial charge in [0, 0.05) is 11.5 Å². The van der Waals surface area contributed by atoms with Gasteiger partial charge >= 0.3 is 0 Å². The van der Waals surface area contributed by atoms with Gasteiger partial charge in [0.15, 0.2) is 0 Å². The molecule has 0 radical (unpaired) electrons. The highest BCUT2D eigenvalue weighted by atomic mass is 79.9. The topological polar surface area (TPSA) is 12.0 Å². The molecule has 0 aliphatic heterocycles. The summed E-state index contributed by atoms with van der Waals surface area (Å²) in [5, 5.41) is 3.80. The summed E-state index contributed by atoms with van der Waals surface area (Å²) in [6.45, 7) is 2.11. The van der Waals surface area contributed by atoms with E-state index in [0.717, 1.165) is 21.6 Å². The summed E-state index contributed by atoms with van der Waals surface area (Å²) in [6, 6.07) is 4.07. The van der Waals surface area contributed by atoms with Crippen LogP contribution in [0.4, 0.5) is 5.69 Å². The second-order valence-corrected chi connectivity index (χ2v) is 3.80. The van der Waals surface area contributed by atoms with Gasteiger partial charge in [0.25, 0.3) is 0 Å². The van der Waals surface area contributed by atoms with Crippen LogP contribution < -0.4 is 5.32 Å². The van der Waals surface area contributed by atoms with Crippen molar-refractivity contribution in [2.45, 2.75) is 13.3 Å². The lowest BCUT2D eigenvalue weighted by Crippen LogP contribution is -1.92. The molecule has 12 heavy (non-hydrogen) atoms. The first-order chi connectivity index (χ1) is 5.69. The molecule has 3 heteroatoms. The molecule has 1 N–H and O–H groups in total. The van der Waals surface area contributed by atoms with Crippen molar-refractivity contribution in [1.29, 1.82) is 0 Å². The van der Waals surface area contributed by atoms with E-state index < -0.39 is 0 Å². The van der Waals surface area contributed by atoms with Crippen molar-refractivity contribution in [3.05, 3.63) is 27.2 Å². The van der Waals surface area contributed by atoms with Gasteiger partial charge in [-0.2, -0.15) is 0 Å². The third kappa shape index (κ3) is 1.93. The smallest absolute Gasteiger partial charge is 0.0671 e. The quantitative estimate of drug-likeness (QED) is 0.841. The molecule has 66 valence electrons. The van der Waals surface area contributed by atoms with Crippen LogP contribution >= 0.6 is 27.5 Å². The van der Waals surface area contributed by atoms with Crippen LogP contribution in [0.15, 0.2) is 16.6 Å². The molecule has 0 saturated heterocycles. The van der Waals surface area contributed by atoms with Gasteiger partial charge in [0.05, 0.1) is 10.7 Å². The van der Waals surface area contributed by atoms with Crippen LogP contribution in [0.5, 0.6) is 0 Å². The third-order valence-corrected chi connectivity index (χ3v) is 2.68. The fraction of sp³-hybridized carbons (Fsp3) is 0.333. The molecule has 0 amide bonds. The molecule has 0 aliphatic carbocycles. The number of nitrogens with one attached hydrogen (secondary N) is 1. The lowest BCUT2D eigenvalue weighted by molar-refractivity contribution is 1.14. The predicted octanol–water partition coefficient (Wildman–Crippen LogP) is 3.71. The molecule has 0 spiro atoms. The van der Waals surface area contributed by atoms with Crippen molar-refractivity contribution < 1.29 is 0 Å². The first-order valence-electron chi connectivity index (χ1n) is 3.84. The van der Waals surface area contributed by atoms with Crippen molar-refractivity contribution in [3.63, 3.8) is 0 Å². The minimum atomic E-state index is 0.767. The number of hydrogen-bond donors (Lipinski definition) is 1. The Bertz CT molecular complexity index is 263. The summed E-state index contributed by atoms with van der Waals surface area (Å²) in [4.78, 5) is 0. The van der Waals surface area contributed by atoms with Crippen LogP contribution in [-0.4, -0.2) is 7.05 Å². The Balaban J connectivity index is 3.18. The third-order valence-electron chi connectivity index (χ3n) is 1.76. The van der Waals surface area contributed by atoms with Crippen LogP contribution in [0.3, 0.4) is 0 Å². The van der Waals surface area contributed by atoms with Gasteiger partial charge < -0.3 is 5.32 Å². The van der Waals surface area contributed by atoms with E-state index >= 15 is 0 Å². The van der Waals surface area contributed by atoms with Gasteiger partial charge in [-0.1, -0.05) is 18.5 Å². The van der Waals surface area contributed by atoms with Gasteiger partial charge in [-0.3, -0.25) is 0 Å². The Morgan fingerprint density at radius 1 is 1.50 bits per heavy atom. The van der Waals surface area contributed by atoms with Gasteiger partial charge in [-0.25, -0.2) is 0 Å². The van der Waals surface area contributed by atoms with E-state index in [4.69, 9.17) is 11.6 Å². The number of anilines is 1. The molecule has 0 atom stereocenters. The van der Waals surface area contributed by atoms with Crippen molar-refractivity contribution >= 4 is 33.2 Å². The summed E-state index contributed by atoms with van der Waals surface area (Å²) in [7, 11) is 1.86. The number of benzene rings is 1. The minimum Gasteiger partial charge on any atom is -0.386 e. The first kappa shape index (κ1) is 9.87. The largest absolute Gasteiger partial charge is 0.386 e. The number of rotatable bonds is 2. The van der Waals surface area contributed by atoms with Crippen LogP contribution in [0.1, 0.15) is 12.5 Å². The van der Waals surface area contributed by atoms with Crippen LogP contribution in [0, 0.1) is 0 Å². The molecule has 0 aromatic heterocycles. The fourth-order valence-corrected chi connectivity index (χ4v) is 2.23. The summed E-state index contributed by atoms with van der Waals surface area (Å²) >= 11 is 9.47. The second kappa shape index (κ2) is 4.15. The van der Waals surface area contributed by atoms with E-state index in [1.807, 2.05) is 13.1 Å². The highest BCUT2D eigenvalue weighted by molar-refractivity contribution is 9.10. The number of aryl methyl sites for hydroxylation is 1. The normalized spacial score (nSPS) is 10.0. The molecule has 1 aromatic rings. The lowest BCUT2D eigenvalue weighted by atomic mass is 10.1. The zero-order valence-corrected chi connectivity index (χ0v) is 9.46. The standard InChI is InChI=1S/C9H11BrClN/c1-3-6-4-7(10)9(12-2)8(11)5-6/h4-5,12H,3H2,1-2H3. The van der Waals surface area contributed by atoms with Crippen molar-refractivity contribution in [1.82, 2.24) is 0 Å². The summed E-state index contributed by atoms with van der Waals surface area (Å²) in [5.74, 6) is 0. The molecule has 1 nitrogen and oxygen atoms in total. The lowest BCUT2D eigenvalue weighted by Gasteiger charge is -2.08. The SMILES string of the molecule is CCc1cc(Cl)c(NC)c(Br)c1. The molecule has 1 rings (SSSR count). The minimum absolute atomic E-state index is 0.767. The van der Waals surface area contributed by atoms with Crippen LogP contribution in [-0.2, 0) is 6.42 Å². The summed E-state index contributed by atoms with van der Waals surface area (Å²) in [5.41, 5.74) is 2.19. The van der Waals surface area contributed by atoms with Crippen molar-refractivity contribution in [2.24, 2.45) is 0 Å². The van der Waals surface area contributed by atoms with Crippen molar-refractivity contribution in [3.8, 4) is 0 Å². The van der Waals surface area contributed by atoms with E-state index in [0.29, 0.717) is 0 Å². The average Bonchev–Trinajstić information content (AvgIpc) is 2.03. The summed E-state index contributed by atoms with van der Waals surface area (Å²) in [6.07, 6.45) is 1.00. The maximum Gasteiger partial charge on any atom is 0.0671 e. The maximum atomic E-state index is 6.02. The van der Waals surface area contributed by atoms with Gasteiger partial charge in [0.1, 0.15) is 0 Å². The highest BCUT2D eigenvalue weighted by Gasteiger charge is 2.04. The Morgan fingerprint density at radius 2 is 2.17 bits per heavy atom. The van der Waals surface area contributed by atoms with Crippen molar-refractivity contribution in [2.75, 3.05) is 12.4 Å². The van der Waals surface area contributed by atoms with E-state index in [1.54, 1.807) is 0 Å². The molecule has 0 unspecified atom stereocenters. The zero-order valence-electron chi connectivity index (χ0n) is 7.12. The molecular formula is C9H11BrClN. The number of hydrogen-bond acceptors (Lipinski definition) is 1. The second-order valence-electron chi connectivity index (χ2n) is 2.54. The molecule has 1 aromatic carbocycles. The van der Waals surface area contributed by atoms with E-state index in [9.17, 15) is 0 Å². The Morgan fingerprint density at radius 3 is 2.58 bits per heavy atom. The van der Waals surface area contributed by atoms with Crippen LogP contribution in [0.2, 0.25) is 5.02 Å². The average molecular weight is 249 g/mol. The fourth-order valence-electron chi connectivity index (χ4n) is 1.07. The van der Waals surface area contributed by atoms with E-state index in [2.05, 4.69) is 34.2 Å². The number of halogens is 2. The highest BCUT2D eigenvalue weighted by Crippen LogP contribution is 2.31. The maximum absolute atomic E-state index is 6.02. The first-order valence-corrected chi connectivity index (χ1v) is 5.01.